The van der Waals surface area contributed by atoms with E-state index >= 15 is 0 Å². The standard InChI is InChI=1S/C15H14BrFN2O3S/c1-19(2)23(21,22)14-6-4-3-5-13(14)18-15(20)10-7-11(16)9-12(17)8-10/h3-9H,1-2H3,(H,18,20). The average Bonchev–Trinajstić information content (AvgIpc) is 2.46. The first-order valence-electron chi connectivity index (χ1n) is 6.51. The van der Waals surface area contributed by atoms with Crippen molar-refractivity contribution in [2.45, 2.75) is 4.90 Å². The fraction of sp³-hybridized carbons (Fsp3) is 0.133. The highest BCUT2D eigenvalue weighted by Crippen LogP contribution is 2.24. The molecule has 1 N–H and O–H groups in total. The smallest absolute Gasteiger partial charge is 0.255 e. The summed E-state index contributed by atoms with van der Waals surface area (Å²) < 4.78 is 39.4. The monoisotopic (exact) mass is 400 g/mol. The maximum atomic E-state index is 13.4. The molecule has 0 unspecified atom stereocenters. The lowest BCUT2D eigenvalue weighted by atomic mass is 10.2. The van der Waals surface area contributed by atoms with Crippen LogP contribution in [0.5, 0.6) is 0 Å². The second-order valence-corrected chi connectivity index (χ2v) is 7.93. The summed E-state index contributed by atoms with van der Waals surface area (Å²) in [6, 6.07) is 9.78. The summed E-state index contributed by atoms with van der Waals surface area (Å²) >= 11 is 3.11. The van der Waals surface area contributed by atoms with Crippen LogP contribution in [-0.4, -0.2) is 32.7 Å². The van der Waals surface area contributed by atoms with E-state index in [1.54, 1.807) is 12.1 Å². The fourth-order valence-corrected chi connectivity index (χ4v) is 3.38. The van der Waals surface area contributed by atoms with Gasteiger partial charge in [-0.25, -0.2) is 17.1 Å². The Morgan fingerprint density at radius 2 is 1.83 bits per heavy atom. The van der Waals surface area contributed by atoms with Crippen LogP contribution in [0.3, 0.4) is 0 Å². The van der Waals surface area contributed by atoms with Gasteiger partial charge in [0.2, 0.25) is 10.0 Å². The molecule has 0 atom stereocenters. The summed E-state index contributed by atoms with van der Waals surface area (Å²) in [7, 11) is -0.916. The Balaban J connectivity index is 2.40. The maximum absolute atomic E-state index is 13.4. The number of hydrogen-bond donors (Lipinski definition) is 1. The van der Waals surface area contributed by atoms with E-state index < -0.39 is 21.7 Å². The molecule has 2 aromatic rings. The van der Waals surface area contributed by atoms with E-state index in [4.69, 9.17) is 0 Å². The van der Waals surface area contributed by atoms with Crippen LogP contribution in [0, 0.1) is 5.82 Å². The van der Waals surface area contributed by atoms with Gasteiger partial charge in [0.1, 0.15) is 10.7 Å². The lowest BCUT2D eigenvalue weighted by molar-refractivity contribution is 0.102. The molecule has 2 rings (SSSR count). The van der Waals surface area contributed by atoms with Gasteiger partial charge in [-0.05, 0) is 30.3 Å². The number of nitrogens with zero attached hydrogens (tertiary/aromatic N) is 1. The molecule has 0 spiro atoms. The second kappa shape index (κ2) is 6.77. The molecule has 5 nitrogen and oxygen atoms in total. The number of rotatable bonds is 4. The van der Waals surface area contributed by atoms with Crippen molar-refractivity contribution in [1.29, 1.82) is 0 Å². The van der Waals surface area contributed by atoms with Gasteiger partial charge in [-0.15, -0.1) is 0 Å². The highest BCUT2D eigenvalue weighted by Gasteiger charge is 2.22. The average molecular weight is 401 g/mol. The molecular formula is C15H14BrFN2O3S. The second-order valence-electron chi connectivity index (χ2n) is 4.90. The molecule has 0 aromatic heterocycles. The number of carbonyl (C=O) groups is 1. The van der Waals surface area contributed by atoms with E-state index in [1.807, 2.05) is 0 Å². The van der Waals surface area contributed by atoms with Gasteiger partial charge >= 0.3 is 0 Å². The molecule has 0 saturated heterocycles. The van der Waals surface area contributed by atoms with Gasteiger partial charge in [-0.3, -0.25) is 4.79 Å². The predicted octanol–water partition coefficient (Wildman–Crippen LogP) is 3.09. The van der Waals surface area contributed by atoms with Crippen LogP contribution in [-0.2, 0) is 10.0 Å². The lowest BCUT2D eigenvalue weighted by Gasteiger charge is -2.15. The normalized spacial score (nSPS) is 11.5. The molecule has 0 saturated carbocycles. The summed E-state index contributed by atoms with van der Waals surface area (Å²) in [4.78, 5) is 12.2. The highest BCUT2D eigenvalue weighted by molar-refractivity contribution is 9.10. The molecule has 8 heteroatoms. The van der Waals surface area contributed by atoms with Crippen LogP contribution in [0.4, 0.5) is 10.1 Å². The molecule has 0 radical (unpaired) electrons. The minimum atomic E-state index is -3.72. The third-order valence-electron chi connectivity index (χ3n) is 3.02. The first-order valence-corrected chi connectivity index (χ1v) is 8.74. The number of benzene rings is 2. The zero-order valence-corrected chi connectivity index (χ0v) is 14.8. The minimum absolute atomic E-state index is 0.0335. The number of amides is 1. The van der Waals surface area contributed by atoms with Crippen LogP contribution >= 0.6 is 15.9 Å². The van der Waals surface area contributed by atoms with Crippen LogP contribution in [0.25, 0.3) is 0 Å². The minimum Gasteiger partial charge on any atom is -0.321 e. The van der Waals surface area contributed by atoms with Crippen molar-refractivity contribution in [2.75, 3.05) is 19.4 Å². The zero-order valence-electron chi connectivity index (χ0n) is 12.4. The van der Waals surface area contributed by atoms with Crippen molar-refractivity contribution >= 4 is 37.5 Å². The number of para-hydroxylation sites is 1. The van der Waals surface area contributed by atoms with Crippen LogP contribution in [0.1, 0.15) is 10.4 Å². The quantitative estimate of drug-likeness (QED) is 0.857. The van der Waals surface area contributed by atoms with Crippen molar-refractivity contribution in [3.05, 3.63) is 58.3 Å². The number of sulfonamides is 1. The number of carbonyl (C=O) groups excluding carboxylic acids is 1. The van der Waals surface area contributed by atoms with Gasteiger partial charge in [0, 0.05) is 24.1 Å². The summed E-state index contributed by atoms with van der Waals surface area (Å²) in [6.07, 6.45) is 0. The van der Waals surface area contributed by atoms with Crippen molar-refractivity contribution in [1.82, 2.24) is 4.31 Å². The lowest BCUT2D eigenvalue weighted by Crippen LogP contribution is -2.24. The van der Waals surface area contributed by atoms with E-state index in [9.17, 15) is 17.6 Å². The van der Waals surface area contributed by atoms with E-state index in [2.05, 4.69) is 21.2 Å². The summed E-state index contributed by atoms with van der Waals surface area (Å²) in [5.41, 5.74) is 0.209. The number of hydrogen-bond acceptors (Lipinski definition) is 3. The Kier molecular flexibility index (Phi) is 5.18. The van der Waals surface area contributed by atoms with Gasteiger partial charge in [0.05, 0.1) is 5.69 Å². The van der Waals surface area contributed by atoms with Gasteiger partial charge in [-0.2, -0.15) is 0 Å². The Hall–Kier alpha value is -1.77. The molecule has 0 aliphatic carbocycles. The summed E-state index contributed by atoms with van der Waals surface area (Å²) in [5.74, 6) is -1.18. The highest BCUT2D eigenvalue weighted by atomic mass is 79.9. The third kappa shape index (κ3) is 3.95. The molecule has 122 valence electrons. The summed E-state index contributed by atoms with van der Waals surface area (Å²) in [5, 5.41) is 2.51. The summed E-state index contributed by atoms with van der Waals surface area (Å²) in [6.45, 7) is 0. The molecule has 1 amide bonds. The number of anilines is 1. The molecule has 2 aromatic carbocycles. The van der Waals surface area contributed by atoms with Crippen molar-refractivity contribution in [2.24, 2.45) is 0 Å². The van der Waals surface area contributed by atoms with E-state index in [1.165, 1.54) is 38.4 Å². The molecule has 0 aliphatic heterocycles. The fourth-order valence-electron chi connectivity index (χ4n) is 1.87. The Morgan fingerprint density at radius 3 is 2.43 bits per heavy atom. The van der Waals surface area contributed by atoms with Crippen molar-refractivity contribution in [3.63, 3.8) is 0 Å². The molecule has 0 heterocycles. The SMILES string of the molecule is CN(C)S(=O)(=O)c1ccccc1NC(=O)c1cc(F)cc(Br)c1. The molecular weight excluding hydrogens is 387 g/mol. The first kappa shape index (κ1) is 17.6. The van der Waals surface area contributed by atoms with E-state index in [-0.39, 0.29) is 16.1 Å². The van der Waals surface area contributed by atoms with Crippen molar-refractivity contribution < 1.29 is 17.6 Å². The van der Waals surface area contributed by atoms with E-state index in [0.29, 0.717) is 4.47 Å². The van der Waals surface area contributed by atoms with Gasteiger partial charge in [0.15, 0.2) is 0 Å². The van der Waals surface area contributed by atoms with Crippen LogP contribution < -0.4 is 5.32 Å². The van der Waals surface area contributed by atoms with Crippen LogP contribution in [0.2, 0.25) is 0 Å². The number of halogens is 2. The molecule has 0 aliphatic rings. The van der Waals surface area contributed by atoms with Gasteiger partial charge in [0.25, 0.3) is 5.91 Å². The van der Waals surface area contributed by atoms with Gasteiger partial charge in [-0.1, -0.05) is 28.1 Å². The Labute approximate surface area is 142 Å². The Morgan fingerprint density at radius 1 is 1.17 bits per heavy atom. The third-order valence-corrected chi connectivity index (χ3v) is 5.35. The van der Waals surface area contributed by atoms with E-state index in [0.717, 1.165) is 10.4 Å². The molecule has 23 heavy (non-hydrogen) atoms. The maximum Gasteiger partial charge on any atom is 0.255 e. The molecule has 0 fully saturated rings. The topological polar surface area (TPSA) is 66.5 Å². The predicted molar refractivity (Wildman–Crippen MR) is 89.4 cm³/mol. The Bertz CT molecular complexity index is 833. The number of nitrogens with one attached hydrogen (secondary N) is 1. The largest absolute Gasteiger partial charge is 0.321 e. The molecule has 0 bridgehead atoms. The van der Waals surface area contributed by atoms with Gasteiger partial charge < -0.3 is 5.32 Å². The van der Waals surface area contributed by atoms with Crippen molar-refractivity contribution in [3.8, 4) is 0 Å². The van der Waals surface area contributed by atoms with Crippen LogP contribution in [0.15, 0.2) is 51.8 Å². The first-order chi connectivity index (χ1) is 10.7. The zero-order chi connectivity index (χ0) is 17.2.